The molecule has 0 amide bonds. The smallest absolute Gasteiger partial charge is 0.205 e. The number of rotatable bonds is 5. The van der Waals surface area contributed by atoms with E-state index in [4.69, 9.17) is 0 Å². The van der Waals surface area contributed by atoms with E-state index in [9.17, 15) is 0 Å². The number of imidazole rings is 1. The fourth-order valence-corrected chi connectivity index (χ4v) is 1.87. The molecule has 2 N–H and O–H groups in total. The normalized spacial score (nSPS) is 10.5. The van der Waals surface area contributed by atoms with Gasteiger partial charge in [-0.25, -0.2) is 4.98 Å². The Morgan fingerprint density at radius 1 is 1.47 bits per heavy atom. The molecule has 2 aromatic rings. The largest absolute Gasteiger partial charge is 0.360 e. The summed E-state index contributed by atoms with van der Waals surface area (Å²) in [5, 5.41) is 13.0. The number of anilines is 1. The van der Waals surface area contributed by atoms with Gasteiger partial charge in [0.05, 0.1) is 0 Å². The van der Waals surface area contributed by atoms with Crippen molar-refractivity contribution in [1.82, 2.24) is 20.2 Å². The number of hydrogen-bond donors (Lipinski definition) is 2. The molecule has 80 valence electrons. The Labute approximate surface area is 92.0 Å². The Morgan fingerprint density at radius 2 is 2.40 bits per heavy atom. The molecule has 5 nitrogen and oxygen atoms in total. The van der Waals surface area contributed by atoms with Crippen molar-refractivity contribution in [3.05, 3.63) is 23.2 Å². The number of aryl methyl sites for hydroxylation is 2. The third-order valence-corrected chi connectivity index (χ3v) is 2.74. The van der Waals surface area contributed by atoms with E-state index >= 15 is 0 Å². The first kappa shape index (κ1) is 10.1. The minimum atomic E-state index is 0.895. The van der Waals surface area contributed by atoms with E-state index in [0.29, 0.717) is 0 Å². The quantitative estimate of drug-likeness (QED) is 0.756. The van der Waals surface area contributed by atoms with Gasteiger partial charge in [-0.15, -0.1) is 10.2 Å². The minimum absolute atomic E-state index is 0.895. The summed E-state index contributed by atoms with van der Waals surface area (Å²) in [6.07, 6.45) is 5.61. The lowest BCUT2D eigenvalue weighted by molar-refractivity contribution is 0.814. The highest BCUT2D eigenvalue weighted by molar-refractivity contribution is 7.15. The van der Waals surface area contributed by atoms with Crippen molar-refractivity contribution < 1.29 is 0 Å². The molecule has 0 bridgehead atoms. The molecule has 0 radical (unpaired) electrons. The van der Waals surface area contributed by atoms with Crippen molar-refractivity contribution in [3.8, 4) is 0 Å². The van der Waals surface area contributed by atoms with Crippen molar-refractivity contribution in [2.45, 2.75) is 19.8 Å². The van der Waals surface area contributed by atoms with Gasteiger partial charge in [-0.05, 0) is 13.3 Å². The van der Waals surface area contributed by atoms with Gasteiger partial charge in [0.2, 0.25) is 5.13 Å². The monoisotopic (exact) mass is 223 g/mol. The van der Waals surface area contributed by atoms with E-state index in [0.717, 1.165) is 35.3 Å². The van der Waals surface area contributed by atoms with Crippen molar-refractivity contribution in [2.75, 3.05) is 11.9 Å². The van der Waals surface area contributed by atoms with Gasteiger partial charge in [0, 0.05) is 25.4 Å². The van der Waals surface area contributed by atoms with Crippen molar-refractivity contribution in [3.63, 3.8) is 0 Å². The summed E-state index contributed by atoms with van der Waals surface area (Å²) in [7, 11) is 0. The SMILES string of the molecule is Cc1nnc(NCCCc2ncc[nH]2)s1. The first-order chi connectivity index (χ1) is 7.34. The van der Waals surface area contributed by atoms with Crippen LogP contribution in [0.5, 0.6) is 0 Å². The van der Waals surface area contributed by atoms with Crippen LogP contribution in [0.25, 0.3) is 0 Å². The summed E-state index contributed by atoms with van der Waals surface area (Å²) in [6, 6.07) is 0. The molecular formula is C9H13N5S. The number of nitrogens with zero attached hydrogens (tertiary/aromatic N) is 3. The fraction of sp³-hybridized carbons (Fsp3) is 0.444. The Balaban J connectivity index is 1.67. The molecule has 0 saturated carbocycles. The zero-order valence-corrected chi connectivity index (χ0v) is 9.34. The molecule has 0 aliphatic heterocycles. The second kappa shape index (κ2) is 4.88. The molecule has 0 unspecified atom stereocenters. The first-order valence-electron chi connectivity index (χ1n) is 4.87. The average molecular weight is 223 g/mol. The number of nitrogens with one attached hydrogen (secondary N) is 2. The van der Waals surface area contributed by atoms with E-state index in [1.807, 2.05) is 13.1 Å². The maximum absolute atomic E-state index is 4.16. The molecule has 0 aliphatic rings. The topological polar surface area (TPSA) is 66.5 Å². The van der Waals surface area contributed by atoms with Crippen LogP contribution in [0.3, 0.4) is 0 Å². The van der Waals surface area contributed by atoms with Gasteiger partial charge in [-0.3, -0.25) is 0 Å². The minimum Gasteiger partial charge on any atom is -0.360 e. The predicted octanol–water partition coefficient (Wildman–Crippen LogP) is 1.61. The molecule has 0 spiro atoms. The van der Waals surface area contributed by atoms with Crippen LogP contribution in [0.1, 0.15) is 17.3 Å². The van der Waals surface area contributed by atoms with Gasteiger partial charge in [-0.2, -0.15) is 0 Å². The molecule has 15 heavy (non-hydrogen) atoms. The third-order valence-electron chi connectivity index (χ3n) is 1.95. The number of H-pyrrole nitrogens is 1. The molecule has 0 saturated heterocycles. The third kappa shape index (κ3) is 3.02. The van der Waals surface area contributed by atoms with E-state index in [1.54, 1.807) is 17.5 Å². The number of hydrogen-bond acceptors (Lipinski definition) is 5. The van der Waals surface area contributed by atoms with Crippen LogP contribution in [0.4, 0.5) is 5.13 Å². The highest BCUT2D eigenvalue weighted by Crippen LogP contribution is 2.13. The molecule has 6 heteroatoms. The van der Waals surface area contributed by atoms with E-state index in [-0.39, 0.29) is 0 Å². The average Bonchev–Trinajstić information content (AvgIpc) is 2.84. The molecule has 2 heterocycles. The summed E-state index contributed by atoms with van der Waals surface area (Å²) < 4.78 is 0. The van der Waals surface area contributed by atoms with E-state index < -0.39 is 0 Å². The van der Waals surface area contributed by atoms with Crippen LogP contribution in [0.2, 0.25) is 0 Å². The number of aromatic nitrogens is 4. The van der Waals surface area contributed by atoms with Crippen LogP contribution in [0.15, 0.2) is 12.4 Å². The first-order valence-corrected chi connectivity index (χ1v) is 5.68. The molecule has 0 fully saturated rings. The van der Waals surface area contributed by atoms with Crippen molar-refractivity contribution in [1.29, 1.82) is 0 Å². The molecular weight excluding hydrogens is 210 g/mol. The lowest BCUT2D eigenvalue weighted by Crippen LogP contribution is -2.03. The Kier molecular flexibility index (Phi) is 3.29. The predicted molar refractivity (Wildman–Crippen MR) is 60.0 cm³/mol. The summed E-state index contributed by atoms with van der Waals surface area (Å²) >= 11 is 1.58. The highest BCUT2D eigenvalue weighted by atomic mass is 32.1. The van der Waals surface area contributed by atoms with Crippen LogP contribution < -0.4 is 5.32 Å². The van der Waals surface area contributed by atoms with Gasteiger partial charge < -0.3 is 10.3 Å². The van der Waals surface area contributed by atoms with E-state index in [2.05, 4.69) is 25.5 Å². The standard InChI is InChI=1S/C9H13N5S/c1-7-13-14-9(15-7)12-4-2-3-8-10-5-6-11-8/h5-6H,2-4H2,1H3,(H,10,11)(H,12,14). The van der Waals surface area contributed by atoms with Crippen molar-refractivity contribution in [2.24, 2.45) is 0 Å². The van der Waals surface area contributed by atoms with Crippen molar-refractivity contribution >= 4 is 16.5 Å². The van der Waals surface area contributed by atoms with Gasteiger partial charge in [0.1, 0.15) is 10.8 Å². The number of aromatic amines is 1. The van der Waals surface area contributed by atoms with Gasteiger partial charge >= 0.3 is 0 Å². The second-order valence-corrected chi connectivity index (χ2v) is 4.37. The van der Waals surface area contributed by atoms with Gasteiger partial charge in [0.25, 0.3) is 0 Å². The Morgan fingerprint density at radius 3 is 3.07 bits per heavy atom. The molecule has 0 aliphatic carbocycles. The second-order valence-electron chi connectivity index (χ2n) is 3.19. The molecule has 0 aromatic carbocycles. The maximum Gasteiger partial charge on any atom is 0.205 e. The summed E-state index contributed by atoms with van der Waals surface area (Å²) in [6.45, 7) is 2.85. The van der Waals surface area contributed by atoms with Gasteiger partial charge in [0.15, 0.2) is 0 Å². The molecule has 2 aromatic heterocycles. The molecule has 0 atom stereocenters. The lowest BCUT2D eigenvalue weighted by atomic mass is 10.3. The summed E-state index contributed by atoms with van der Waals surface area (Å²) in [4.78, 5) is 7.23. The fourth-order valence-electron chi connectivity index (χ4n) is 1.25. The summed E-state index contributed by atoms with van der Waals surface area (Å²) in [5.74, 6) is 1.03. The zero-order valence-electron chi connectivity index (χ0n) is 8.53. The van der Waals surface area contributed by atoms with Crippen LogP contribution >= 0.6 is 11.3 Å². The Bertz CT molecular complexity index is 394. The van der Waals surface area contributed by atoms with Crippen LogP contribution in [0, 0.1) is 6.92 Å². The van der Waals surface area contributed by atoms with E-state index in [1.165, 1.54) is 0 Å². The van der Waals surface area contributed by atoms with Gasteiger partial charge in [-0.1, -0.05) is 11.3 Å². The zero-order chi connectivity index (χ0) is 10.5. The summed E-state index contributed by atoms with van der Waals surface area (Å²) in [5.41, 5.74) is 0. The lowest BCUT2D eigenvalue weighted by Gasteiger charge is -1.99. The highest BCUT2D eigenvalue weighted by Gasteiger charge is 1.99. The Hall–Kier alpha value is -1.43. The maximum atomic E-state index is 4.16. The molecule has 2 rings (SSSR count). The van der Waals surface area contributed by atoms with Crippen LogP contribution in [-0.4, -0.2) is 26.7 Å². The van der Waals surface area contributed by atoms with Crippen LogP contribution in [-0.2, 0) is 6.42 Å².